The van der Waals surface area contributed by atoms with E-state index in [1.54, 1.807) is 38.1 Å². The average Bonchev–Trinajstić information content (AvgIpc) is 3.36. The molecule has 3 atom stereocenters. The van der Waals surface area contributed by atoms with E-state index >= 15 is 0 Å². The summed E-state index contributed by atoms with van der Waals surface area (Å²) in [6.07, 6.45) is 0.584. The molecule has 5 N–H and O–H groups in total. The zero-order valence-corrected chi connectivity index (χ0v) is 14.9. The van der Waals surface area contributed by atoms with Gasteiger partial charge in [-0.2, -0.15) is 0 Å². The maximum Gasteiger partial charge on any atom is 0.307 e. The molecule has 1 aliphatic carbocycles. The van der Waals surface area contributed by atoms with Crippen molar-refractivity contribution < 1.29 is 19.1 Å². The van der Waals surface area contributed by atoms with Crippen LogP contribution in [0.4, 0.5) is 5.69 Å². The summed E-state index contributed by atoms with van der Waals surface area (Å²) in [6, 6.07) is 6.27. The molecular weight excluding hydrogens is 336 g/mol. The third-order valence-electron chi connectivity index (χ3n) is 4.09. The van der Waals surface area contributed by atoms with Crippen molar-refractivity contribution in [1.29, 1.82) is 5.41 Å². The van der Waals surface area contributed by atoms with E-state index in [0.717, 1.165) is 0 Å². The van der Waals surface area contributed by atoms with Crippen LogP contribution in [-0.2, 0) is 19.1 Å². The lowest BCUT2D eigenvalue weighted by Gasteiger charge is -2.13. The fourth-order valence-corrected chi connectivity index (χ4v) is 2.61. The number of anilines is 1. The number of amides is 2. The summed E-state index contributed by atoms with van der Waals surface area (Å²) in [5.41, 5.74) is 6.54. The van der Waals surface area contributed by atoms with Gasteiger partial charge in [-0.15, -0.1) is 0 Å². The molecule has 8 heteroatoms. The van der Waals surface area contributed by atoms with Crippen molar-refractivity contribution in [3.8, 4) is 0 Å². The van der Waals surface area contributed by atoms with E-state index in [2.05, 4.69) is 10.6 Å². The highest BCUT2D eigenvalue weighted by molar-refractivity contribution is 6.00. The zero-order chi connectivity index (χ0) is 19.3. The highest BCUT2D eigenvalue weighted by Crippen LogP contribution is 2.39. The van der Waals surface area contributed by atoms with Crippen LogP contribution >= 0.6 is 0 Å². The van der Waals surface area contributed by atoms with Crippen LogP contribution in [0.5, 0.6) is 0 Å². The second-order valence-electron chi connectivity index (χ2n) is 6.35. The quantitative estimate of drug-likeness (QED) is 0.312. The van der Waals surface area contributed by atoms with Crippen molar-refractivity contribution in [1.82, 2.24) is 5.32 Å². The molecule has 8 nitrogen and oxygen atoms in total. The summed E-state index contributed by atoms with van der Waals surface area (Å²) < 4.78 is 4.84. The average molecular weight is 360 g/mol. The lowest BCUT2D eigenvalue weighted by atomic mass is 10.2. The van der Waals surface area contributed by atoms with Crippen LogP contribution in [0.15, 0.2) is 24.3 Å². The molecule has 1 saturated carbocycles. The zero-order valence-electron chi connectivity index (χ0n) is 14.9. The van der Waals surface area contributed by atoms with Gasteiger partial charge in [-0.25, -0.2) is 0 Å². The Hall–Kier alpha value is -2.90. The van der Waals surface area contributed by atoms with E-state index in [-0.39, 0.29) is 47.9 Å². The Morgan fingerprint density at radius 2 is 1.85 bits per heavy atom. The molecule has 0 spiro atoms. The molecule has 0 aliphatic heterocycles. The van der Waals surface area contributed by atoms with E-state index in [9.17, 15) is 14.4 Å². The van der Waals surface area contributed by atoms with Crippen LogP contribution in [0.3, 0.4) is 0 Å². The molecule has 0 heterocycles. The van der Waals surface area contributed by atoms with Gasteiger partial charge in [0.15, 0.2) is 0 Å². The van der Waals surface area contributed by atoms with Gasteiger partial charge in [0.05, 0.1) is 24.9 Å². The van der Waals surface area contributed by atoms with Crippen LogP contribution in [0.1, 0.15) is 32.3 Å². The first kappa shape index (κ1) is 19.4. The Morgan fingerprint density at radius 3 is 2.42 bits per heavy atom. The number of ether oxygens (including phenoxy) is 1. The highest BCUT2D eigenvalue weighted by Gasteiger charge is 2.48. The maximum atomic E-state index is 12.2. The number of nitrogens with two attached hydrogens (primary N) is 1. The van der Waals surface area contributed by atoms with Gasteiger partial charge < -0.3 is 21.1 Å². The number of amidine groups is 1. The van der Waals surface area contributed by atoms with E-state index in [0.29, 0.717) is 24.3 Å². The van der Waals surface area contributed by atoms with E-state index in [4.69, 9.17) is 15.9 Å². The minimum absolute atomic E-state index is 0.0428. The second kappa shape index (κ2) is 8.46. The fourth-order valence-electron chi connectivity index (χ4n) is 2.61. The first-order chi connectivity index (χ1) is 12.3. The van der Waals surface area contributed by atoms with Crippen LogP contribution in [0.2, 0.25) is 0 Å². The lowest BCUT2D eigenvalue weighted by Crippen LogP contribution is -2.36. The first-order valence-electron chi connectivity index (χ1n) is 8.53. The number of hydrogen-bond donors (Lipinski definition) is 4. The molecule has 3 unspecified atom stereocenters. The molecule has 2 amide bonds. The van der Waals surface area contributed by atoms with Crippen molar-refractivity contribution in [2.24, 2.45) is 17.6 Å². The van der Waals surface area contributed by atoms with E-state index < -0.39 is 0 Å². The second-order valence-corrected chi connectivity index (χ2v) is 6.35. The van der Waals surface area contributed by atoms with Crippen LogP contribution in [-0.4, -0.2) is 36.3 Å². The summed E-state index contributed by atoms with van der Waals surface area (Å²) in [7, 11) is 0. The minimum atomic E-state index is -0.379. The normalized spacial score (nSPS) is 19.2. The third-order valence-corrected chi connectivity index (χ3v) is 4.09. The van der Waals surface area contributed by atoms with Crippen LogP contribution < -0.4 is 16.4 Å². The van der Waals surface area contributed by atoms with Crippen molar-refractivity contribution >= 4 is 29.3 Å². The van der Waals surface area contributed by atoms with Gasteiger partial charge in [-0.3, -0.25) is 19.8 Å². The molecular formula is C18H24N4O4. The molecule has 0 bridgehead atoms. The van der Waals surface area contributed by atoms with Crippen LogP contribution in [0, 0.1) is 17.2 Å². The van der Waals surface area contributed by atoms with Crippen molar-refractivity contribution in [3.05, 3.63) is 29.8 Å². The van der Waals surface area contributed by atoms with Gasteiger partial charge in [0.1, 0.15) is 5.84 Å². The number of rotatable bonds is 8. The smallest absolute Gasteiger partial charge is 0.307 e. The van der Waals surface area contributed by atoms with Gasteiger partial charge in [-0.05, 0) is 44.5 Å². The van der Waals surface area contributed by atoms with Crippen LogP contribution in [0.25, 0.3) is 0 Å². The van der Waals surface area contributed by atoms with Crippen molar-refractivity contribution in [2.75, 3.05) is 11.9 Å². The molecule has 140 valence electrons. The van der Waals surface area contributed by atoms with Crippen molar-refractivity contribution in [3.63, 3.8) is 0 Å². The Labute approximate surface area is 152 Å². The van der Waals surface area contributed by atoms with Crippen molar-refractivity contribution in [2.45, 2.75) is 32.7 Å². The van der Waals surface area contributed by atoms with E-state index in [1.807, 2.05) is 0 Å². The molecule has 1 fully saturated rings. The summed E-state index contributed by atoms with van der Waals surface area (Å²) >= 11 is 0. The Kier molecular flexibility index (Phi) is 6.32. The SMILES string of the molecule is CCOC(=O)CC(C)NC(=O)C1CC1C(=O)Nc1ccc(C(=N)N)cc1. The maximum absolute atomic E-state index is 12.2. The van der Waals surface area contributed by atoms with Gasteiger partial charge in [0.25, 0.3) is 0 Å². The monoisotopic (exact) mass is 360 g/mol. The predicted octanol–water partition coefficient (Wildman–Crippen LogP) is 1.00. The van der Waals surface area contributed by atoms with Gasteiger partial charge in [0.2, 0.25) is 11.8 Å². The summed E-state index contributed by atoms with van der Waals surface area (Å²) in [4.78, 5) is 35.8. The number of carbonyl (C=O) groups is 3. The number of nitrogen functional groups attached to an aromatic ring is 1. The molecule has 26 heavy (non-hydrogen) atoms. The molecule has 1 aromatic rings. The number of esters is 1. The first-order valence-corrected chi connectivity index (χ1v) is 8.53. The Balaban J connectivity index is 1.79. The minimum Gasteiger partial charge on any atom is -0.466 e. The Morgan fingerprint density at radius 1 is 1.23 bits per heavy atom. The molecule has 2 rings (SSSR count). The topological polar surface area (TPSA) is 134 Å². The van der Waals surface area contributed by atoms with Gasteiger partial charge in [0, 0.05) is 17.3 Å². The molecule has 0 saturated heterocycles. The predicted molar refractivity (Wildman–Crippen MR) is 96.5 cm³/mol. The molecule has 1 aliphatic rings. The van der Waals surface area contributed by atoms with Gasteiger partial charge >= 0.3 is 5.97 Å². The van der Waals surface area contributed by atoms with Gasteiger partial charge in [-0.1, -0.05) is 0 Å². The summed E-state index contributed by atoms with van der Waals surface area (Å²) in [5, 5.41) is 12.8. The highest BCUT2D eigenvalue weighted by atomic mass is 16.5. The summed E-state index contributed by atoms with van der Waals surface area (Å²) in [5.74, 6) is -1.61. The molecule has 0 radical (unpaired) electrons. The lowest BCUT2D eigenvalue weighted by molar-refractivity contribution is -0.143. The number of benzene rings is 1. The number of nitrogens with one attached hydrogen (secondary N) is 3. The third kappa shape index (κ3) is 5.30. The van der Waals surface area contributed by atoms with E-state index in [1.165, 1.54) is 0 Å². The standard InChI is InChI=1S/C18H24N4O4/c1-3-26-15(23)8-10(2)21-17(24)13-9-14(13)18(25)22-12-6-4-11(5-7-12)16(19)20/h4-7,10,13-14H,3,8-9H2,1-2H3,(H3,19,20)(H,21,24)(H,22,25). The number of hydrogen-bond acceptors (Lipinski definition) is 5. The molecule has 1 aromatic carbocycles. The summed E-state index contributed by atoms with van der Waals surface area (Å²) in [6.45, 7) is 3.75. The largest absolute Gasteiger partial charge is 0.466 e. The number of carbonyl (C=O) groups excluding carboxylic acids is 3. The molecule has 0 aromatic heterocycles. The Bertz CT molecular complexity index is 702. The fraction of sp³-hybridized carbons (Fsp3) is 0.444.